The third kappa shape index (κ3) is 35.3. The molecule has 1 rings (SSSR count). The lowest BCUT2D eigenvalue weighted by Gasteiger charge is -2.41. The van der Waals surface area contributed by atoms with E-state index >= 15 is 0 Å². The van der Waals surface area contributed by atoms with Gasteiger partial charge in [-0.2, -0.15) is 0 Å². The Morgan fingerprint density at radius 1 is 0.464 bits per heavy atom. The average molecular weight is 989 g/mol. The second kappa shape index (κ2) is 43.3. The minimum atomic E-state index is -5.15. The molecule has 0 saturated heterocycles. The van der Waals surface area contributed by atoms with E-state index in [1.165, 1.54) is 44.9 Å². The minimum Gasteiger partial charge on any atom is -0.462 e. The minimum absolute atomic E-state index is 0.0389. The lowest BCUT2D eigenvalue weighted by atomic mass is 9.85. The van der Waals surface area contributed by atoms with Crippen LogP contribution in [-0.2, 0) is 32.7 Å². The number of aliphatic hydroxyl groups is 5. The SMILES string of the molecule is CC/C=C/C/C=C/C/C=C/C/C=C/C/C=C/CCCCCC(=O)O[C@@H](COC(=O)CCC/C=C/C/C=C/C/C=C/C/C=C/CCCCCCCCC)COP(=O)(O)OC1C(O)C(O)C(O)[C@H](O)C1O. The zero-order valence-corrected chi connectivity index (χ0v) is 42.7. The Bertz CT molecular complexity index is 1610. The third-order valence-electron chi connectivity index (χ3n) is 11.1. The fourth-order valence-electron chi connectivity index (χ4n) is 7.01. The highest BCUT2D eigenvalue weighted by Crippen LogP contribution is 2.47. The first-order valence-corrected chi connectivity index (χ1v) is 27.2. The molecule has 0 bridgehead atoms. The van der Waals surface area contributed by atoms with Crippen LogP contribution in [0.3, 0.4) is 0 Å². The van der Waals surface area contributed by atoms with E-state index < -0.39 is 75.7 Å². The molecule has 0 radical (unpaired) electrons. The molecule has 1 aliphatic carbocycles. The van der Waals surface area contributed by atoms with Crippen LogP contribution in [0.5, 0.6) is 0 Å². The lowest BCUT2D eigenvalue weighted by Crippen LogP contribution is -2.64. The van der Waals surface area contributed by atoms with Crippen LogP contribution in [0.2, 0.25) is 0 Å². The van der Waals surface area contributed by atoms with E-state index in [1.807, 2.05) is 12.2 Å². The van der Waals surface area contributed by atoms with Crippen LogP contribution < -0.4 is 0 Å². The Balaban J connectivity index is 2.49. The fourth-order valence-corrected chi connectivity index (χ4v) is 7.98. The van der Waals surface area contributed by atoms with Gasteiger partial charge in [0.1, 0.15) is 43.2 Å². The second-order valence-corrected chi connectivity index (χ2v) is 18.7. The van der Waals surface area contributed by atoms with Gasteiger partial charge in [0, 0.05) is 12.8 Å². The summed E-state index contributed by atoms with van der Waals surface area (Å²) in [4.78, 5) is 35.8. The van der Waals surface area contributed by atoms with Crippen LogP contribution in [0.4, 0.5) is 0 Å². The van der Waals surface area contributed by atoms with Gasteiger partial charge in [-0.25, -0.2) is 4.57 Å². The van der Waals surface area contributed by atoms with Crippen molar-refractivity contribution < 1.29 is 63.1 Å². The van der Waals surface area contributed by atoms with Gasteiger partial charge in [0.25, 0.3) is 0 Å². The van der Waals surface area contributed by atoms with Gasteiger partial charge >= 0.3 is 19.8 Å². The molecule has 14 heteroatoms. The number of phosphoric acid groups is 1. The van der Waals surface area contributed by atoms with Gasteiger partial charge in [-0.3, -0.25) is 18.6 Å². The highest BCUT2D eigenvalue weighted by molar-refractivity contribution is 7.47. The van der Waals surface area contributed by atoms with Crippen LogP contribution in [0, 0.1) is 0 Å². The van der Waals surface area contributed by atoms with Crippen LogP contribution in [0.1, 0.15) is 168 Å². The highest BCUT2D eigenvalue weighted by atomic mass is 31.2. The Kier molecular flexibility index (Phi) is 39.9. The molecule has 1 saturated carbocycles. The Morgan fingerprint density at radius 3 is 1.30 bits per heavy atom. The number of unbranched alkanes of at least 4 members (excludes halogenated alkanes) is 11. The molecule has 13 nitrogen and oxygen atoms in total. The molecular formula is C55H89O13P. The first-order valence-electron chi connectivity index (χ1n) is 25.7. The van der Waals surface area contributed by atoms with Crippen molar-refractivity contribution in [2.24, 2.45) is 0 Å². The van der Waals surface area contributed by atoms with Gasteiger partial charge in [0.05, 0.1) is 6.61 Å². The monoisotopic (exact) mass is 989 g/mol. The fraction of sp³-hybridized carbons (Fsp3) is 0.636. The number of esters is 2. The maximum Gasteiger partial charge on any atom is 0.472 e. The third-order valence-corrected chi connectivity index (χ3v) is 12.1. The number of allylic oxidation sites excluding steroid dienone is 18. The number of rotatable bonds is 41. The van der Waals surface area contributed by atoms with Crippen molar-refractivity contribution in [3.05, 3.63) is 109 Å². The molecule has 69 heavy (non-hydrogen) atoms. The normalized spacial score (nSPS) is 21.8. The van der Waals surface area contributed by atoms with Gasteiger partial charge in [-0.1, -0.05) is 168 Å². The highest BCUT2D eigenvalue weighted by Gasteiger charge is 2.51. The smallest absolute Gasteiger partial charge is 0.462 e. The summed E-state index contributed by atoms with van der Waals surface area (Å²) < 4.78 is 33.5. The first-order chi connectivity index (χ1) is 33.4. The van der Waals surface area contributed by atoms with E-state index in [-0.39, 0.29) is 12.8 Å². The first kappa shape index (κ1) is 63.5. The van der Waals surface area contributed by atoms with Gasteiger partial charge in [0.15, 0.2) is 6.10 Å². The van der Waals surface area contributed by atoms with Crippen LogP contribution in [0.25, 0.3) is 0 Å². The van der Waals surface area contributed by atoms with Crippen molar-refractivity contribution in [1.29, 1.82) is 0 Å². The standard InChI is InChI=1S/C55H89O13P/c1-3-5-7-9-11-13-15-17-19-21-23-24-26-27-29-31-33-35-37-39-41-43-48(56)65-45-47(46-66-69(63,64)68-55-53(61)51(59)50(58)52(60)54(55)62)67-49(57)44-42-40-38-36-34-32-30-28-25-22-20-18-16-14-12-10-8-6-4-2/h6,8,12,14,18-21,24-26,28-29,31-32,34-35,37,47,50-55,58-62H,3-5,7,9-11,13,15-17,22-23,27,30,33,36,38-46H2,1-2H3,(H,63,64)/b8-6+,14-12+,20-18+,21-19+,26-24+,28-25+,31-29+,34-32+,37-35+/t47-,50?,51-,52?,53?,54?,55?/m0/s1. The maximum absolute atomic E-state index is 12.9. The van der Waals surface area contributed by atoms with Crippen molar-refractivity contribution in [3.63, 3.8) is 0 Å². The van der Waals surface area contributed by atoms with Crippen LogP contribution >= 0.6 is 7.82 Å². The molecule has 0 aromatic rings. The van der Waals surface area contributed by atoms with E-state index in [9.17, 15) is 44.6 Å². The molecule has 392 valence electrons. The number of hydrogen-bond donors (Lipinski definition) is 6. The zero-order valence-electron chi connectivity index (χ0n) is 41.8. The van der Waals surface area contributed by atoms with E-state index in [1.54, 1.807) is 0 Å². The lowest BCUT2D eigenvalue weighted by molar-refractivity contribution is -0.220. The summed E-state index contributed by atoms with van der Waals surface area (Å²) in [6.45, 7) is 3.11. The summed E-state index contributed by atoms with van der Waals surface area (Å²) in [7, 11) is -5.15. The molecule has 1 fully saturated rings. The number of ether oxygens (including phenoxy) is 2. The quantitative estimate of drug-likeness (QED) is 0.0146. The Labute approximate surface area is 414 Å². The summed E-state index contributed by atoms with van der Waals surface area (Å²) in [6.07, 6.45) is 47.1. The number of hydrogen-bond acceptors (Lipinski definition) is 12. The van der Waals surface area contributed by atoms with Gasteiger partial charge in [-0.15, -0.1) is 0 Å². The van der Waals surface area contributed by atoms with Crippen molar-refractivity contribution in [2.45, 2.75) is 211 Å². The van der Waals surface area contributed by atoms with E-state index in [4.69, 9.17) is 18.5 Å². The topological polar surface area (TPSA) is 210 Å². The molecule has 0 amide bonds. The van der Waals surface area contributed by atoms with E-state index in [2.05, 4.69) is 111 Å². The molecule has 6 unspecified atom stereocenters. The molecule has 0 aromatic heterocycles. The number of carbonyl (C=O) groups excluding carboxylic acids is 2. The number of phosphoric ester groups is 1. The summed E-state index contributed by atoms with van der Waals surface area (Å²) in [5.74, 6) is -1.21. The van der Waals surface area contributed by atoms with E-state index in [0.717, 1.165) is 77.0 Å². The van der Waals surface area contributed by atoms with Crippen molar-refractivity contribution >= 4 is 19.8 Å². The summed E-state index contributed by atoms with van der Waals surface area (Å²) in [5, 5.41) is 50.3. The van der Waals surface area contributed by atoms with Gasteiger partial charge < -0.3 is 39.9 Å². The van der Waals surface area contributed by atoms with Crippen LogP contribution in [0.15, 0.2) is 109 Å². The van der Waals surface area contributed by atoms with Crippen molar-refractivity contribution in [3.8, 4) is 0 Å². The second-order valence-electron chi connectivity index (χ2n) is 17.3. The zero-order chi connectivity index (χ0) is 50.6. The Morgan fingerprint density at radius 2 is 0.841 bits per heavy atom. The van der Waals surface area contributed by atoms with Crippen LogP contribution in [-0.4, -0.2) is 98.3 Å². The van der Waals surface area contributed by atoms with Gasteiger partial charge in [-0.05, 0) is 96.3 Å². The molecule has 0 heterocycles. The molecule has 0 aromatic carbocycles. The number of carbonyl (C=O) groups is 2. The molecule has 8 atom stereocenters. The molecule has 0 aliphatic heterocycles. The van der Waals surface area contributed by atoms with E-state index in [0.29, 0.717) is 19.3 Å². The molecule has 1 aliphatic rings. The number of aliphatic hydroxyl groups excluding tert-OH is 5. The summed E-state index contributed by atoms with van der Waals surface area (Å²) >= 11 is 0. The maximum atomic E-state index is 12.9. The molecule has 6 N–H and O–H groups in total. The van der Waals surface area contributed by atoms with Crippen molar-refractivity contribution in [2.75, 3.05) is 13.2 Å². The predicted molar refractivity (Wildman–Crippen MR) is 276 cm³/mol. The summed E-state index contributed by atoms with van der Waals surface area (Å²) in [5.41, 5.74) is 0. The molecular weight excluding hydrogens is 900 g/mol. The van der Waals surface area contributed by atoms with Gasteiger partial charge in [0.2, 0.25) is 0 Å². The molecule has 0 spiro atoms. The predicted octanol–water partition coefficient (Wildman–Crippen LogP) is 11.2. The van der Waals surface area contributed by atoms with Crippen molar-refractivity contribution in [1.82, 2.24) is 0 Å². The average Bonchev–Trinajstić information content (AvgIpc) is 3.33. The Hall–Kier alpha value is -3.49. The largest absolute Gasteiger partial charge is 0.472 e. The summed E-state index contributed by atoms with van der Waals surface area (Å²) in [6, 6.07) is 0.